The van der Waals surface area contributed by atoms with Gasteiger partial charge in [0.2, 0.25) is 10.0 Å². The SMILES string of the molecule is CS(=O)(=O)NC(=O)c1cc(F)c(COc2ccc(F)cc2C2CC2)cc1F. The summed E-state index contributed by atoms with van der Waals surface area (Å²) in [5.74, 6) is -3.10. The van der Waals surface area contributed by atoms with Gasteiger partial charge in [0.05, 0.1) is 11.8 Å². The van der Waals surface area contributed by atoms with E-state index in [0.29, 0.717) is 17.4 Å². The summed E-state index contributed by atoms with van der Waals surface area (Å²) in [5, 5.41) is 0. The first kappa shape index (κ1) is 19.2. The van der Waals surface area contributed by atoms with Gasteiger partial charge in [-0.25, -0.2) is 26.3 Å². The lowest BCUT2D eigenvalue weighted by Crippen LogP contribution is -2.30. The maximum atomic E-state index is 14.2. The van der Waals surface area contributed by atoms with Crippen molar-refractivity contribution >= 4 is 15.9 Å². The average molecular weight is 399 g/mol. The van der Waals surface area contributed by atoms with Crippen molar-refractivity contribution in [2.75, 3.05) is 6.26 Å². The lowest BCUT2D eigenvalue weighted by molar-refractivity contribution is 0.0977. The van der Waals surface area contributed by atoms with Crippen LogP contribution >= 0.6 is 0 Å². The molecule has 1 N–H and O–H groups in total. The highest BCUT2D eigenvalue weighted by molar-refractivity contribution is 7.89. The molecule has 9 heteroatoms. The van der Waals surface area contributed by atoms with Crippen LogP contribution in [0.4, 0.5) is 13.2 Å². The molecule has 0 spiro atoms. The Bertz CT molecular complexity index is 1000. The Morgan fingerprint density at radius 1 is 1.15 bits per heavy atom. The van der Waals surface area contributed by atoms with Gasteiger partial charge in [0, 0.05) is 11.1 Å². The van der Waals surface area contributed by atoms with Crippen LogP contribution in [0.15, 0.2) is 30.3 Å². The fourth-order valence-corrected chi connectivity index (χ4v) is 3.06. The molecule has 0 radical (unpaired) electrons. The van der Waals surface area contributed by atoms with Crippen molar-refractivity contribution in [3.8, 4) is 5.75 Å². The van der Waals surface area contributed by atoms with E-state index in [0.717, 1.165) is 25.2 Å². The van der Waals surface area contributed by atoms with Gasteiger partial charge < -0.3 is 4.74 Å². The molecule has 1 aliphatic carbocycles. The van der Waals surface area contributed by atoms with E-state index in [1.807, 2.05) is 0 Å². The van der Waals surface area contributed by atoms with Gasteiger partial charge in [0.25, 0.3) is 5.91 Å². The molecule has 144 valence electrons. The number of sulfonamides is 1. The highest BCUT2D eigenvalue weighted by Crippen LogP contribution is 2.44. The molecule has 0 aromatic heterocycles. The predicted molar refractivity (Wildman–Crippen MR) is 91.4 cm³/mol. The molecule has 1 aliphatic rings. The fourth-order valence-electron chi connectivity index (χ4n) is 2.62. The van der Waals surface area contributed by atoms with E-state index in [1.165, 1.54) is 18.2 Å². The number of hydrogen-bond acceptors (Lipinski definition) is 4. The van der Waals surface area contributed by atoms with Crippen molar-refractivity contribution in [2.24, 2.45) is 0 Å². The van der Waals surface area contributed by atoms with Crippen LogP contribution in [-0.4, -0.2) is 20.6 Å². The second-order valence-corrected chi connectivity index (χ2v) is 8.12. The van der Waals surface area contributed by atoms with Gasteiger partial charge in [-0.1, -0.05) is 0 Å². The molecule has 0 atom stereocenters. The highest BCUT2D eigenvalue weighted by atomic mass is 32.2. The predicted octanol–water partition coefficient (Wildman–Crippen LogP) is 3.25. The summed E-state index contributed by atoms with van der Waals surface area (Å²) in [6, 6.07) is 5.40. The van der Waals surface area contributed by atoms with E-state index in [1.54, 1.807) is 4.72 Å². The lowest BCUT2D eigenvalue weighted by atomic mass is 10.1. The van der Waals surface area contributed by atoms with Crippen molar-refractivity contribution in [1.82, 2.24) is 4.72 Å². The maximum absolute atomic E-state index is 14.2. The Kier molecular flexibility index (Phi) is 5.14. The van der Waals surface area contributed by atoms with Gasteiger partial charge in [0.15, 0.2) is 0 Å². The van der Waals surface area contributed by atoms with Crippen molar-refractivity contribution in [1.29, 1.82) is 0 Å². The third-order valence-corrected chi connectivity index (χ3v) is 4.59. The molecule has 0 bridgehead atoms. The summed E-state index contributed by atoms with van der Waals surface area (Å²) < 4.78 is 71.0. The molecule has 27 heavy (non-hydrogen) atoms. The molecular weight excluding hydrogens is 383 g/mol. The zero-order chi connectivity index (χ0) is 19.8. The fraction of sp³-hybridized carbons (Fsp3) is 0.278. The monoisotopic (exact) mass is 399 g/mol. The third-order valence-electron chi connectivity index (χ3n) is 4.03. The summed E-state index contributed by atoms with van der Waals surface area (Å²) in [6.07, 6.45) is 2.54. The number of amides is 1. The summed E-state index contributed by atoms with van der Waals surface area (Å²) in [6.45, 7) is -0.331. The molecule has 0 heterocycles. The standard InChI is InChI=1S/C18H16F3NO4S/c1-27(24,25)22-18(23)14-8-15(20)11(6-16(14)21)9-26-17-5-4-12(19)7-13(17)10-2-3-10/h4-8,10H,2-3,9H2,1H3,(H,22,23). The number of carbonyl (C=O) groups is 1. The normalized spacial score (nSPS) is 14.1. The number of halogens is 3. The van der Waals surface area contributed by atoms with Crippen LogP contribution in [-0.2, 0) is 16.6 Å². The first-order valence-corrected chi connectivity index (χ1v) is 9.95. The van der Waals surface area contributed by atoms with Crippen LogP contribution in [0.5, 0.6) is 5.75 Å². The van der Waals surface area contributed by atoms with Crippen LogP contribution in [0.2, 0.25) is 0 Å². The molecule has 3 rings (SSSR count). The van der Waals surface area contributed by atoms with E-state index in [4.69, 9.17) is 4.74 Å². The molecule has 1 saturated carbocycles. The van der Waals surface area contributed by atoms with E-state index in [9.17, 15) is 26.4 Å². The van der Waals surface area contributed by atoms with Gasteiger partial charge in [-0.15, -0.1) is 0 Å². The molecule has 5 nitrogen and oxygen atoms in total. The average Bonchev–Trinajstić information content (AvgIpc) is 3.39. The summed E-state index contributed by atoms with van der Waals surface area (Å²) >= 11 is 0. The van der Waals surface area contributed by atoms with E-state index in [-0.39, 0.29) is 18.1 Å². The van der Waals surface area contributed by atoms with Crippen LogP contribution in [0.1, 0.15) is 40.2 Å². The van der Waals surface area contributed by atoms with E-state index in [2.05, 4.69) is 0 Å². The molecular formula is C18H16F3NO4S. The van der Waals surface area contributed by atoms with Crippen LogP contribution in [0.3, 0.4) is 0 Å². The summed E-state index contributed by atoms with van der Waals surface area (Å²) in [7, 11) is -3.91. The van der Waals surface area contributed by atoms with E-state index >= 15 is 0 Å². The van der Waals surface area contributed by atoms with Crippen LogP contribution in [0.25, 0.3) is 0 Å². The minimum atomic E-state index is -3.91. The third kappa shape index (κ3) is 4.79. The molecule has 1 fully saturated rings. The number of hydrogen-bond donors (Lipinski definition) is 1. The molecule has 2 aromatic carbocycles. The van der Waals surface area contributed by atoms with E-state index < -0.39 is 38.9 Å². The molecule has 0 unspecified atom stereocenters. The Hall–Kier alpha value is -2.55. The van der Waals surface area contributed by atoms with Gasteiger partial charge in [0.1, 0.15) is 29.8 Å². The van der Waals surface area contributed by atoms with Crippen molar-refractivity contribution in [3.63, 3.8) is 0 Å². The summed E-state index contributed by atoms with van der Waals surface area (Å²) in [5.41, 5.74) is -0.211. The number of benzene rings is 2. The lowest BCUT2D eigenvalue weighted by Gasteiger charge is -2.13. The van der Waals surface area contributed by atoms with Gasteiger partial charge >= 0.3 is 0 Å². The van der Waals surface area contributed by atoms with Crippen molar-refractivity contribution in [2.45, 2.75) is 25.4 Å². The minimum Gasteiger partial charge on any atom is -0.488 e. The minimum absolute atomic E-state index is 0.158. The number of nitrogens with one attached hydrogen (secondary N) is 1. The number of rotatable bonds is 6. The zero-order valence-electron chi connectivity index (χ0n) is 14.3. The first-order chi connectivity index (χ1) is 12.6. The van der Waals surface area contributed by atoms with Crippen molar-refractivity contribution < 1.29 is 31.1 Å². The quantitative estimate of drug-likeness (QED) is 0.810. The molecule has 0 saturated heterocycles. The van der Waals surface area contributed by atoms with Gasteiger partial charge in [-0.2, -0.15) is 0 Å². The topological polar surface area (TPSA) is 72.5 Å². The second-order valence-electron chi connectivity index (χ2n) is 6.37. The number of carbonyl (C=O) groups excluding carboxylic acids is 1. The Morgan fingerprint density at radius 2 is 1.85 bits per heavy atom. The number of ether oxygens (including phenoxy) is 1. The van der Waals surface area contributed by atoms with Crippen molar-refractivity contribution in [3.05, 3.63) is 64.5 Å². The molecule has 1 amide bonds. The van der Waals surface area contributed by atoms with Gasteiger partial charge in [-0.05, 0) is 49.1 Å². The second kappa shape index (κ2) is 7.22. The molecule has 2 aromatic rings. The maximum Gasteiger partial charge on any atom is 0.267 e. The molecule has 0 aliphatic heterocycles. The Balaban J connectivity index is 1.79. The zero-order valence-corrected chi connectivity index (χ0v) is 15.1. The van der Waals surface area contributed by atoms with Gasteiger partial charge in [-0.3, -0.25) is 4.79 Å². The largest absolute Gasteiger partial charge is 0.488 e. The van der Waals surface area contributed by atoms with Crippen LogP contribution in [0, 0.1) is 17.5 Å². The Morgan fingerprint density at radius 3 is 2.48 bits per heavy atom. The highest BCUT2D eigenvalue weighted by Gasteiger charge is 2.27. The summed E-state index contributed by atoms with van der Waals surface area (Å²) in [4.78, 5) is 11.7. The van der Waals surface area contributed by atoms with Crippen LogP contribution < -0.4 is 9.46 Å². The first-order valence-electron chi connectivity index (χ1n) is 8.06. The Labute approximate surface area is 154 Å². The smallest absolute Gasteiger partial charge is 0.267 e.